The van der Waals surface area contributed by atoms with E-state index in [1.165, 1.54) is 25.0 Å². The molecule has 20 heavy (non-hydrogen) atoms. The fraction of sp³-hybridized carbons (Fsp3) is 0.600. The Hall–Kier alpha value is -0.680. The lowest BCUT2D eigenvalue weighted by molar-refractivity contribution is 0.138. The molecule has 1 saturated heterocycles. The largest absolute Gasteiger partial charge is 0.383 e. The molecule has 1 N–H and O–H groups in total. The lowest BCUT2D eigenvalue weighted by Gasteiger charge is -2.25. The Morgan fingerprint density at radius 2 is 2.35 bits per heavy atom. The first kappa shape index (κ1) is 15.7. The van der Waals surface area contributed by atoms with Gasteiger partial charge in [-0.3, -0.25) is 4.90 Å². The molecule has 1 heterocycles. The van der Waals surface area contributed by atoms with E-state index in [4.69, 9.17) is 16.3 Å². The third kappa shape index (κ3) is 4.70. The number of methoxy groups -OCH3 is 1. The van der Waals surface area contributed by atoms with Crippen LogP contribution < -0.4 is 5.32 Å². The quantitative estimate of drug-likeness (QED) is 0.838. The van der Waals surface area contributed by atoms with E-state index in [9.17, 15) is 4.39 Å². The number of nitrogens with one attached hydrogen (secondary N) is 1. The van der Waals surface area contributed by atoms with Gasteiger partial charge in [-0.1, -0.05) is 17.7 Å². The standard InChI is InChI=1S/C15H22ClFN2O/c1-20-8-7-19(11-14-3-2-6-18-14)10-12-4-5-13(17)9-15(12)16/h4-5,9,14,18H,2-3,6-8,10-11H2,1H3. The molecule has 1 aliphatic rings. The molecule has 0 bridgehead atoms. The number of rotatable bonds is 7. The molecule has 0 spiro atoms. The summed E-state index contributed by atoms with van der Waals surface area (Å²) in [5.41, 5.74) is 0.960. The van der Waals surface area contributed by atoms with E-state index in [-0.39, 0.29) is 5.82 Å². The van der Waals surface area contributed by atoms with E-state index in [1.807, 2.05) is 0 Å². The Bertz CT molecular complexity index is 424. The highest BCUT2D eigenvalue weighted by Crippen LogP contribution is 2.19. The zero-order valence-corrected chi connectivity index (χ0v) is 12.6. The van der Waals surface area contributed by atoms with Gasteiger partial charge in [-0.25, -0.2) is 4.39 Å². The Kier molecular flexibility index (Phi) is 6.23. The average Bonchev–Trinajstić information content (AvgIpc) is 2.92. The van der Waals surface area contributed by atoms with Gasteiger partial charge in [0.25, 0.3) is 0 Å². The van der Waals surface area contributed by atoms with E-state index in [1.54, 1.807) is 13.2 Å². The van der Waals surface area contributed by atoms with E-state index in [2.05, 4.69) is 10.2 Å². The van der Waals surface area contributed by atoms with Crippen molar-refractivity contribution in [1.82, 2.24) is 10.2 Å². The minimum atomic E-state index is -0.292. The van der Waals surface area contributed by atoms with E-state index in [0.29, 0.717) is 17.7 Å². The van der Waals surface area contributed by atoms with E-state index in [0.717, 1.165) is 31.7 Å². The molecule has 0 amide bonds. The van der Waals surface area contributed by atoms with Crippen molar-refractivity contribution in [3.05, 3.63) is 34.6 Å². The van der Waals surface area contributed by atoms with Gasteiger partial charge >= 0.3 is 0 Å². The first-order valence-corrected chi connectivity index (χ1v) is 7.45. The van der Waals surface area contributed by atoms with Crippen molar-refractivity contribution in [3.63, 3.8) is 0 Å². The van der Waals surface area contributed by atoms with Crippen molar-refractivity contribution >= 4 is 11.6 Å². The van der Waals surface area contributed by atoms with Gasteiger partial charge in [-0.05, 0) is 37.1 Å². The van der Waals surface area contributed by atoms with E-state index < -0.39 is 0 Å². The summed E-state index contributed by atoms with van der Waals surface area (Å²) in [5, 5.41) is 3.99. The van der Waals surface area contributed by atoms with Crippen molar-refractivity contribution in [2.45, 2.75) is 25.4 Å². The monoisotopic (exact) mass is 300 g/mol. The van der Waals surface area contributed by atoms with Crippen LogP contribution in [0.1, 0.15) is 18.4 Å². The zero-order valence-electron chi connectivity index (χ0n) is 11.9. The minimum Gasteiger partial charge on any atom is -0.383 e. The summed E-state index contributed by atoms with van der Waals surface area (Å²) in [6, 6.07) is 5.13. The highest BCUT2D eigenvalue weighted by molar-refractivity contribution is 6.31. The van der Waals surface area contributed by atoms with Gasteiger partial charge in [-0.2, -0.15) is 0 Å². The fourth-order valence-corrected chi connectivity index (χ4v) is 2.80. The molecule has 1 aromatic carbocycles. The molecule has 1 aliphatic heterocycles. The number of halogens is 2. The number of ether oxygens (including phenoxy) is 1. The SMILES string of the molecule is COCCN(Cc1ccc(F)cc1Cl)CC1CCCN1. The van der Waals surface area contributed by atoms with Crippen molar-refractivity contribution in [1.29, 1.82) is 0 Å². The van der Waals surface area contributed by atoms with Crippen LogP contribution in [0.25, 0.3) is 0 Å². The van der Waals surface area contributed by atoms with Crippen molar-refractivity contribution in [2.75, 3.05) is 33.4 Å². The summed E-state index contributed by atoms with van der Waals surface area (Å²) in [5.74, 6) is -0.292. The second-order valence-corrected chi connectivity index (χ2v) is 5.66. The maximum absolute atomic E-state index is 13.1. The Morgan fingerprint density at radius 1 is 1.50 bits per heavy atom. The Morgan fingerprint density at radius 3 is 3.00 bits per heavy atom. The lowest BCUT2D eigenvalue weighted by atomic mass is 10.1. The van der Waals surface area contributed by atoms with Gasteiger partial charge in [-0.15, -0.1) is 0 Å². The third-order valence-electron chi connectivity index (χ3n) is 3.66. The fourth-order valence-electron chi connectivity index (χ4n) is 2.57. The molecule has 0 radical (unpaired) electrons. The predicted octanol–water partition coefficient (Wildman–Crippen LogP) is 2.68. The normalized spacial score (nSPS) is 18.9. The molecule has 1 unspecified atom stereocenters. The molecule has 2 rings (SSSR count). The van der Waals surface area contributed by atoms with Crippen LogP contribution in [0.3, 0.4) is 0 Å². The maximum atomic E-state index is 13.1. The summed E-state index contributed by atoms with van der Waals surface area (Å²) < 4.78 is 18.3. The van der Waals surface area contributed by atoms with Gasteiger partial charge in [0, 0.05) is 37.8 Å². The lowest BCUT2D eigenvalue weighted by Crippen LogP contribution is -2.38. The molecule has 112 valence electrons. The van der Waals surface area contributed by atoms with Gasteiger partial charge in [0.15, 0.2) is 0 Å². The van der Waals surface area contributed by atoms with Crippen LogP contribution in [0, 0.1) is 5.82 Å². The Labute approximate surface area is 125 Å². The number of nitrogens with zero attached hydrogens (tertiary/aromatic N) is 1. The second-order valence-electron chi connectivity index (χ2n) is 5.26. The highest BCUT2D eigenvalue weighted by atomic mass is 35.5. The van der Waals surface area contributed by atoms with Crippen molar-refractivity contribution in [3.8, 4) is 0 Å². The van der Waals surface area contributed by atoms with Crippen LogP contribution in [0.5, 0.6) is 0 Å². The summed E-state index contributed by atoms with van der Waals surface area (Å²) in [6.07, 6.45) is 2.45. The second kappa shape index (κ2) is 7.93. The first-order valence-electron chi connectivity index (χ1n) is 7.07. The molecular weight excluding hydrogens is 279 g/mol. The summed E-state index contributed by atoms with van der Waals surface area (Å²) in [4.78, 5) is 2.31. The van der Waals surface area contributed by atoms with E-state index >= 15 is 0 Å². The molecular formula is C15H22ClFN2O. The van der Waals surface area contributed by atoms with Crippen molar-refractivity contribution in [2.24, 2.45) is 0 Å². The molecule has 5 heteroatoms. The van der Waals surface area contributed by atoms with Crippen LogP contribution in [0.2, 0.25) is 5.02 Å². The van der Waals surface area contributed by atoms with Crippen LogP contribution in [-0.2, 0) is 11.3 Å². The zero-order chi connectivity index (χ0) is 14.4. The molecule has 0 aliphatic carbocycles. The molecule has 0 aromatic heterocycles. The smallest absolute Gasteiger partial charge is 0.124 e. The van der Waals surface area contributed by atoms with Crippen LogP contribution in [0.4, 0.5) is 4.39 Å². The summed E-state index contributed by atoms with van der Waals surface area (Å²) >= 11 is 6.11. The molecule has 3 nitrogen and oxygen atoms in total. The molecule has 0 saturated carbocycles. The van der Waals surface area contributed by atoms with Crippen LogP contribution in [-0.4, -0.2) is 44.3 Å². The molecule has 1 fully saturated rings. The maximum Gasteiger partial charge on any atom is 0.124 e. The average molecular weight is 301 g/mol. The summed E-state index contributed by atoms with van der Waals surface area (Å²) in [6.45, 7) is 4.33. The third-order valence-corrected chi connectivity index (χ3v) is 4.01. The molecule has 1 atom stereocenters. The molecule has 1 aromatic rings. The predicted molar refractivity (Wildman–Crippen MR) is 79.6 cm³/mol. The van der Waals surface area contributed by atoms with Crippen molar-refractivity contribution < 1.29 is 9.13 Å². The van der Waals surface area contributed by atoms with Gasteiger partial charge in [0.1, 0.15) is 5.82 Å². The Balaban J connectivity index is 1.97. The highest BCUT2D eigenvalue weighted by Gasteiger charge is 2.18. The first-order chi connectivity index (χ1) is 9.69. The number of benzene rings is 1. The minimum absolute atomic E-state index is 0.292. The number of hydrogen-bond acceptors (Lipinski definition) is 3. The topological polar surface area (TPSA) is 24.5 Å². The van der Waals surface area contributed by atoms with Gasteiger partial charge in [0.2, 0.25) is 0 Å². The van der Waals surface area contributed by atoms with Crippen LogP contribution in [0.15, 0.2) is 18.2 Å². The summed E-state index contributed by atoms with van der Waals surface area (Å²) in [7, 11) is 1.71. The van der Waals surface area contributed by atoms with Crippen LogP contribution >= 0.6 is 11.6 Å². The van der Waals surface area contributed by atoms with Gasteiger partial charge < -0.3 is 10.1 Å². The van der Waals surface area contributed by atoms with Gasteiger partial charge in [0.05, 0.1) is 6.61 Å². The number of hydrogen-bond donors (Lipinski definition) is 1.